The normalized spacial score (nSPS) is 15.3. The van der Waals surface area contributed by atoms with Gasteiger partial charge in [-0.25, -0.2) is 9.97 Å². The fourth-order valence-corrected chi connectivity index (χ4v) is 5.12. The van der Waals surface area contributed by atoms with E-state index in [0.717, 1.165) is 35.5 Å². The summed E-state index contributed by atoms with van der Waals surface area (Å²) < 4.78 is 0. The SMILES string of the molecule is O=C(NCCCN1CCCCC1)c1cccc(Cc2ncnc3c2C(C(=O)c2ccccc2)=CC3)c1. The quantitative estimate of drug-likeness (QED) is 0.361. The van der Waals surface area contributed by atoms with Crippen LogP contribution in [-0.2, 0) is 12.8 Å². The van der Waals surface area contributed by atoms with Crippen molar-refractivity contribution >= 4 is 17.3 Å². The van der Waals surface area contributed by atoms with Gasteiger partial charge in [0.15, 0.2) is 5.78 Å². The van der Waals surface area contributed by atoms with Crippen molar-refractivity contribution in [3.05, 3.63) is 101 Å². The number of hydrogen-bond donors (Lipinski definition) is 1. The predicted octanol–water partition coefficient (Wildman–Crippen LogP) is 4.50. The van der Waals surface area contributed by atoms with Crippen LogP contribution in [0.1, 0.15) is 68.9 Å². The molecule has 2 aliphatic rings. The van der Waals surface area contributed by atoms with E-state index in [2.05, 4.69) is 20.2 Å². The summed E-state index contributed by atoms with van der Waals surface area (Å²) in [6.45, 7) is 4.07. The zero-order valence-electron chi connectivity index (χ0n) is 20.6. The van der Waals surface area contributed by atoms with Crippen molar-refractivity contribution in [2.45, 2.75) is 38.5 Å². The van der Waals surface area contributed by atoms with E-state index in [-0.39, 0.29) is 11.7 Å². The number of carbonyl (C=O) groups excluding carboxylic acids is 2. The van der Waals surface area contributed by atoms with Gasteiger partial charge in [-0.05, 0) is 56.6 Å². The number of fused-ring (bicyclic) bond motifs is 1. The van der Waals surface area contributed by atoms with Gasteiger partial charge in [-0.2, -0.15) is 0 Å². The van der Waals surface area contributed by atoms with Crippen LogP contribution in [0.2, 0.25) is 0 Å². The molecule has 0 bridgehead atoms. The standard InChI is InChI=1S/C30H32N4O2/c35-29(23-10-3-1-4-11-23)25-13-14-26-28(25)27(33-21-32-26)20-22-9-7-12-24(19-22)30(36)31-15-8-18-34-16-5-2-6-17-34/h1,3-4,7,9-13,19,21H,2,5-6,8,14-18,20H2,(H,31,36). The lowest BCUT2D eigenvalue weighted by atomic mass is 9.95. The Morgan fingerprint density at radius 1 is 0.917 bits per heavy atom. The van der Waals surface area contributed by atoms with Crippen LogP contribution < -0.4 is 5.32 Å². The van der Waals surface area contributed by atoms with Gasteiger partial charge in [0.1, 0.15) is 6.33 Å². The topological polar surface area (TPSA) is 75.2 Å². The van der Waals surface area contributed by atoms with E-state index in [0.29, 0.717) is 36.1 Å². The second kappa shape index (κ2) is 11.4. The van der Waals surface area contributed by atoms with Gasteiger partial charge in [-0.15, -0.1) is 0 Å². The average molecular weight is 481 g/mol. The molecule has 36 heavy (non-hydrogen) atoms. The molecule has 0 spiro atoms. The van der Waals surface area contributed by atoms with Gasteiger partial charge in [0.25, 0.3) is 5.91 Å². The summed E-state index contributed by atoms with van der Waals surface area (Å²) in [7, 11) is 0. The highest BCUT2D eigenvalue weighted by molar-refractivity contribution is 6.30. The highest BCUT2D eigenvalue weighted by Gasteiger charge is 2.26. The maximum atomic E-state index is 13.2. The number of likely N-dealkylation sites (tertiary alicyclic amines) is 1. The van der Waals surface area contributed by atoms with Crippen LogP contribution in [0.15, 0.2) is 67.0 Å². The summed E-state index contributed by atoms with van der Waals surface area (Å²) in [6.07, 6.45) is 9.53. The van der Waals surface area contributed by atoms with Gasteiger partial charge in [0, 0.05) is 41.6 Å². The predicted molar refractivity (Wildman–Crippen MR) is 141 cm³/mol. The highest BCUT2D eigenvalue weighted by Crippen LogP contribution is 2.32. The zero-order valence-corrected chi connectivity index (χ0v) is 20.6. The summed E-state index contributed by atoms with van der Waals surface area (Å²) in [5.74, 6) is -0.0636. The zero-order chi connectivity index (χ0) is 24.7. The van der Waals surface area contributed by atoms with Crippen LogP contribution in [0.25, 0.3) is 5.57 Å². The van der Waals surface area contributed by atoms with Crippen LogP contribution in [0.4, 0.5) is 0 Å². The Balaban J connectivity index is 1.25. The van der Waals surface area contributed by atoms with Crippen LogP contribution in [0.5, 0.6) is 0 Å². The highest BCUT2D eigenvalue weighted by atomic mass is 16.1. The molecule has 6 heteroatoms. The minimum Gasteiger partial charge on any atom is -0.352 e. The number of hydrogen-bond acceptors (Lipinski definition) is 5. The third kappa shape index (κ3) is 5.60. The van der Waals surface area contributed by atoms with Crippen molar-refractivity contribution in [1.29, 1.82) is 0 Å². The maximum Gasteiger partial charge on any atom is 0.251 e. The second-order valence-electron chi connectivity index (χ2n) is 9.55. The van der Waals surface area contributed by atoms with Gasteiger partial charge in [-0.3, -0.25) is 9.59 Å². The molecule has 0 unspecified atom stereocenters. The van der Waals surface area contributed by atoms with Gasteiger partial charge in [0.05, 0.1) is 11.4 Å². The molecule has 1 N–H and O–H groups in total. The number of Topliss-reactive ketones (excluding diaryl/α,β-unsaturated/α-hetero) is 1. The molecular weight excluding hydrogens is 448 g/mol. The number of rotatable bonds is 9. The molecule has 1 saturated heterocycles. The van der Waals surface area contributed by atoms with Crippen LogP contribution in [-0.4, -0.2) is 52.7 Å². The van der Waals surface area contributed by atoms with Gasteiger partial charge in [-0.1, -0.05) is 55.0 Å². The minimum absolute atomic E-state index is 0.0110. The Labute approximate surface area is 212 Å². The number of piperidine rings is 1. The minimum atomic E-state index is -0.0525. The lowest BCUT2D eigenvalue weighted by molar-refractivity contribution is 0.0950. The number of amides is 1. The third-order valence-electron chi connectivity index (χ3n) is 7.00. The molecule has 0 radical (unpaired) electrons. The van der Waals surface area contributed by atoms with Crippen molar-refractivity contribution in [1.82, 2.24) is 20.2 Å². The van der Waals surface area contributed by atoms with E-state index in [9.17, 15) is 9.59 Å². The first kappa shape index (κ1) is 24.1. The lowest BCUT2D eigenvalue weighted by Crippen LogP contribution is -2.33. The number of nitrogens with one attached hydrogen (secondary N) is 1. The van der Waals surface area contributed by atoms with Crippen LogP contribution in [0.3, 0.4) is 0 Å². The molecule has 1 aliphatic carbocycles. The summed E-state index contributed by atoms with van der Waals surface area (Å²) in [4.78, 5) is 37.4. The first-order valence-corrected chi connectivity index (χ1v) is 12.9. The number of carbonyl (C=O) groups is 2. The number of allylic oxidation sites excluding steroid dienone is 2. The molecule has 1 aromatic heterocycles. The molecular formula is C30H32N4O2. The van der Waals surface area contributed by atoms with Crippen LogP contribution >= 0.6 is 0 Å². The van der Waals surface area contributed by atoms with Crippen molar-refractivity contribution < 1.29 is 9.59 Å². The Kier molecular flexibility index (Phi) is 7.62. The van der Waals surface area contributed by atoms with Crippen molar-refractivity contribution in [3.63, 3.8) is 0 Å². The van der Waals surface area contributed by atoms with Gasteiger partial charge >= 0.3 is 0 Å². The Morgan fingerprint density at radius 2 is 1.72 bits per heavy atom. The Hall–Kier alpha value is -3.64. The van der Waals surface area contributed by atoms with Crippen molar-refractivity contribution in [2.75, 3.05) is 26.2 Å². The molecule has 5 rings (SSSR count). The van der Waals surface area contributed by atoms with E-state index < -0.39 is 0 Å². The van der Waals surface area contributed by atoms with Crippen LogP contribution in [0, 0.1) is 0 Å². The van der Waals surface area contributed by atoms with Gasteiger partial charge < -0.3 is 10.2 Å². The maximum absolute atomic E-state index is 13.2. The fourth-order valence-electron chi connectivity index (χ4n) is 5.12. The summed E-state index contributed by atoms with van der Waals surface area (Å²) in [5.41, 5.74) is 5.47. The molecule has 3 aromatic rings. The molecule has 1 aliphatic heterocycles. The molecule has 0 saturated carbocycles. The Bertz CT molecular complexity index is 1260. The fraction of sp³-hybridized carbons (Fsp3) is 0.333. The molecule has 2 heterocycles. The van der Waals surface area contributed by atoms with E-state index in [1.54, 1.807) is 6.33 Å². The Morgan fingerprint density at radius 3 is 2.56 bits per heavy atom. The number of benzene rings is 2. The van der Waals surface area contributed by atoms with Gasteiger partial charge in [0.2, 0.25) is 0 Å². The second-order valence-corrected chi connectivity index (χ2v) is 9.55. The van der Waals surface area contributed by atoms with Crippen molar-refractivity contribution in [3.8, 4) is 0 Å². The first-order valence-electron chi connectivity index (χ1n) is 12.9. The summed E-state index contributed by atoms with van der Waals surface area (Å²) >= 11 is 0. The molecule has 1 amide bonds. The molecule has 184 valence electrons. The molecule has 6 nitrogen and oxygen atoms in total. The van der Waals surface area contributed by atoms with E-state index >= 15 is 0 Å². The largest absolute Gasteiger partial charge is 0.352 e. The third-order valence-corrected chi connectivity index (χ3v) is 7.00. The van der Waals surface area contributed by atoms with E-state index in [1.807, 2.05) is 60.7 Å². The monoisotopic (exact) mass is 480 g/mol. The lowest BCUT2D eigenvalue weighted by Gasteiger charge is -2.26. The number of ketones is 1. The van der Waals surface area contributed by atoms with Crippen molar-refractivity contribution in [2.24, 2.45) is 0 Å². The molecule has 0 atom stereocenters. The number of nitrogens with zero attached hydrogens (tertiary/aromatic N) is 3. The molecule has 1 fully saturated rings. The smallest absolute Gasteiger partial charge is 0.251 e. The van der Waals surface area contributed by atoms with E-state index in [1.165, 1.54) is 32.4 Å². The first-order chi connectivity index (χ1) is 17.7. The number of aromatic nitrogens is 2. The molecule has 2 aromatic carbocycles. The summed E-state index contributed by atoms with van der Waals surface area (Å²) in [6, 6.07) is 17.0. The summed E-state index contributed by atoms with van der Waals surface area (Å²) in [5, 5.41) is 3.07. The van der Waals surface area contributed by atoms with E-state index in [4.69, 9.17) is 0 Å². The average Bonchev–Trinajstić information content (AvgIpc) is 3.37.